The molecule has 4 rings (SSSR count). The molecule has 138 valence electrons. The lowest BCUT2D eigenvalue weighted by molar-refractivity contribution is 0.101. The summed E-state index contributed by atoms with van der Waals surface area (Å²) in [6, 6.07) is 28.4. The van der Waals surface area contributed by atoms with E-state index in [1.165, 1.54) is 0 Å². The van der Waals surface area contributed by atoms with Crippen molar-refractivity contribution in [3.63, 3.8) is 0 Å². The molecule has 0 saturated heterocycles. The van der Waals surface area contributed by atoms with Gasteiger partial charge in [-0.05, 0) is 41.6 Å². The van der Waals surface area contributed by atoms with Gasteiger partial charge >= 0.3 is 0 Å². The van der Waals surface area contributed by atoms with E-state index in [2.05, 4.69) is 5.32 Å². The van der Waals surface area contributed by atoms with Gasteiger partial charge in [0.15, 0.2) is 0 Å². The highest BCUT2D eigenvalue weighted by Gasteiger charge is 2.16. The second kappa shape index (κ2) is 7.92. The van der Waals surface area contributed by atoms with Gasteiger partial charge in [-0.1, -0.05) is 66.7 Å². The number of anilines is 1. The molecule has 1 heterocycles. The molecule has 0 aliphatic rings. The Kier molecular flexibility index (Phi) is 5.02. The number of hydrogen-bond acceptors (Lipinski definition) is 2. The molecule has 4 aromatic rings. The summed E-state index contributed by atoms with van der Waals surface area (Å²) < 4.78 is 1.58. The summed E-state index contributed by atoms with van der Waals surface area (Å²) in [5.41, 5.74) is 2.04. The zero-order valence-corrected chi connectivity index (χ0v) is 15.3. The fourth-order valence-corrected chi connectivity index (χ4v) is 3.31. The fraction of sp³-hybridized carbons (Fsp3) is 0.0833. The number of carbonyl (C=O) groups excluding carboxylic acids is 1. The number of nitrogens with zero attached hydrogens (tertiary/aromatic N) is 1. The van der Waals surface area contributed by atoms with Gasteiger partial charge in [0, 0.05) is 17.6 Å². The van der Waals surface area contributed by atoms with Crippen LogP contribution >= 0.6 is 0 Å². The molecule has 4 heteroatoms. The van der Waals surface area contributed by atoms with Crippen LogP contribution in [-0.2, 0) is 13.0 Å². The van der Waals surface area contributed by atoms with Crippen LogP contribution in [0.2, 0.25) is 0 Å². The van der Waals surface area contributed by atoms with Gasteiger partial charge in [0.2, 0.25) is 0 Å². The summed E-state index contributed by atoms with van der Waals surface area (Å²) in [6.07, 6.45) is 0.671. The summed E-state index contributed by atoms with van der Waals surface area (Å²) >= 11 is 0. The second-order valence-electron chi connectivity index (χ2n) is 6.63. The predicted octanol–water partition coefficient (Wildman–Crippen LogP) is 4.50. The fourth-order valence-electron chi connectivity index (χ4n) is 3.31. The monoisotopic (exact) mass is 368 g/mol. The SMILES string of the molecule is O=C(Nc1ccccc1)c1cc2ccccc2c(=O)n1CCc1ccccc1. The van der Waals surface area contributed by atoms with E-state index in [-0.39, 0.29) is 11.5 Å². The normalized spacial score (nSPS) is 10.7. The summed E-state index contributed by atoms with van der Waals surface area (Å²) in [5.74, 6) is -0.290. The third kappa shape index (κ3) is 3.71. The van der Waals surface area contributed by atoms with E-state index in [1.54, 1.807) is 16.7 Å². The Morgan fingerprint density at radius 3 is 2.21 bits per heavy atom. The number of benzene rings is 3. The first-order valence-electron chi connectivity index (χ1n) is 9.25. The van der Waals surface area contributed by atoms with E-state index in [0.29, 0.717) is 29.7 Å². The van der Waals surface area contributed by atoms with Crippen molar-refractivity contribution in [3.05, 3.63) is 113 Å². The van der Waals surface area contributed by atoms with Crippen molar-refractivity contribution in [2.24, 2.45) is 0 Å². The van der Waals surface area contributed by atoms with Gasteiger partial charge in [-0.25, -0.2) is 0 Å². The van der Waals surface area contributed by atoms with Crippen molar-refractivity contribution in [3.8, 4) is 0 Å². The van der Waals surface area contributed by atoms with Gasteiger partial charge in [0.25, 0.3) is 11.5 Å². The van der Waals surface area contributed by atoms with Crippen LogP contribution in [0.3, 0.4) is 0 Å². The number of rotatable bonds is 5. The molecule has 0 fully saturated rings. The maximum atomic E-state index is 13.1. The number of aryl methyl sites for hydroxylation is 1. The van der Waals surface area contributed by atoms with Gasteiger partial charge in [-0.15, -0.1) is 0 Å². The zero-order valence-electron chi connectivity index (χ0n) is 15.3. The van der Waals surface area contributed by atoms with E-state index in [4.69, 9.17) is 0 Å². The molecule has 0 bridgehead atoms. The maximum absolute atomic E-state index is 13.1. The largest absolute Gasteiger partial charge is 0.321 e. The molecule has 1 aromatic heterocycles. The molecular weight excluding hydrogens is 348 g/mol. The highest BCUT2D eigenvalue weighted by atomic mass is 16.2. The molecule has 0 atom stereocenters. The number of carbonyl (C=O) groups is 1. The van der Waals surface area contributed by atoms with Gasteiger partial charge in [0.1, 0.15) is 5.69 Å². The van der Waals surface area contributed by atoms with Crippen LogP contribution < -0.4 is 10.9 Å². The lowest BCUT2D eigenvalue weighted by Crippen LogP contribution is -2.29. The van der Waals surface area contributed by atoms with Gasteiger partial charge in [-0.2, -0.15) is 0 Å². The molecule has 1 N–H and O–H groups in total. The first kappa shape index (κ1) is 17.7. The van der Waals surface area contributed by atoms with Crippen molar-refractivity contribution in [1.29, 1.82) is 0 Å². The average Bonchev–Trinajstić information content (AvgIpc) is 2.74. The highest BCUT2D eigenvalue weighted by Crippen LogP contribution is 2.15. The summed E-state index contributed by atoms with van der Waals surface area (Å²) in [6.45, 7) is 0.436. The lowest BCUT2D eigenvalue weighted by atomic mass is 10.1. The van der Waals surface area contributed by atoms with Crippen LogP contribution in [0, 0.1) is 0 Å². The van der Waals surface area contributed by atoms with Crippen molar-refractivity contribution in [1.82, 2.24) is 4.57 Å². The van der Waals surface area contributed by atoms with Crippen molar-refractivity contribution < 1.29 is 4.79 Å². The topological polar surface area (TPSA) is 51.1 Å². The minimum Gasteiger partial charge on any atom is -0.321 e. The number of amides is 1. The molecule has 28 heavy (non-hydrogen) atoms. The number of hydrogen-bond donors (Lipinski definition) is 1. The molecule has 0 saturated carbocycles. The molecule has 3 aromatic carbocycles. The Bertz CT molecular complexity index is 1170. The van der Waals surface area contributed by atoms with E-state index >= 15 is 0 Å². The minimum absolute atomic E-state index is 0.146. The molecule has 1 amide bonds. The van der Waals surface area contributed by atoms with Crippen molar-refractivity contribution >= 4 is 22.4 Å². The molecule has 0 radical (unpaired) electrons. The summed E-state index contributed by atoms with van der Waals surface area (Å²) in [4.78, 5) is 26.1. The zero-order chi connectivity index (χ0) is 19.3. The lowest BCUT2D eigenvalue weighted by Gasteiger charge is -2.15. The first-order valence-corrected chi connectivity index (χ1v) is 9.25. The Morgan fingerprint density at radius 1 is 0.821 bits per heavy atom. The van der Waals surface area contributed by atoms with E-state index in [1.807, 2.05) is 78.9 Å². The van der Waals surface area contributed by atoms with Crippen LogP contribution in [0.5, 0.6) is 0 Å². The molecule has 0 unspecified atom stereocenters. The number of aromatic nitrogens is 1. The van der Waals surface area contributed by atoms with Gasteiger partial charge in [-0.3, -0.25) is 9.59 Å². The van der Waals surface area contributed by atoms with Crippen LogP contribution in [0.25, 0.3) is 10.8 Å². The smallest absolute Gasteiger partial charge is 0.272 e. The minimum atomic E-state index is -0.290. The predicted molar refractivity (Wildman–Crippen MR) is 113 cm³/mol. The Hall–Kier alpha value is -3.66. The highest BCUT2D eigenvalue weighted by molar-refractivity contribution is 6.05. The quantitative estimate of drug-likeness (QED) is 0.564. The number of fused-ring (bicyclic) bond motifs is 1. The second-order valence-corrected chi connectivity index (χ2v) is 6.63. The van der Waals surface area contributed by atoms with Crippen molar-refractivity contribution in [2.75, 3.05) is 5.32 Å². The third-order valence-corrected chi connectivity index (χ3v) is 4.75. The van der Waals surface area contributed by atoms with Crippen LogP contribution in [0.1, 0.15) is 16.1 Å². The van der Waals surface area contributed by atoms with E-state index in [9.17, 15) is 9.59 Å². The standard InChI is InChI=1S/C24H20N2O2/c27-23(25-20-12-5-2-6-13-20)22-17-19-11-7-8-14-21(19)24(28)26(22)16-15-18-9-3-1-4-10-18/h1-14,17H,15-16H2,(H,25,27). The number of para-hydroxylation sites is 1. The Morgan fingerprint density at radius 2 is 1.46 bits per heavy atom. The number of pyridine rings is 1. The first-order chi connectivity index (χ1) is 13.7. The van der Waals surface area contributed by atoms with Crippen LogP contribution in [-0.4, -0.2) is 10.5 Å². The Balaban J connectivity index is 1.74. The number of nitrogens with one attached hydrogen (secondary N) is 1. The molecule has 0 aliphatic heterocycles. The summed E-state index contributed by atoms with van der Waals surface area (Å²) in [5, 5.41) is 4.27. The van der Waals surface area contributed by atoms with Gasteiger partial charge < -0.3 is 9.88 Å². The molecule has 4 nitrogen and oxygen atoms in total. The van der Waals surface area contributed by atoms with E-state index in [0.717, 1.165) is 10.9 Å². The molecule has 0 aliphatic carbocycles. The molecule has 0 spiro atoms. The van der Waals surface area contributed by atoms with Crippen molar-refractivity contribution in [2.45, 2.75) is 13.0 Å². The summed E-state index contributed by atoms with van der Waals surface area (Å²) in [7, 11) is 0. The third-order valence-electron chi connectivity index (χ3n) is 4.75. The average molecular weight is 368 g/mol. The van der Waals surface area contributed by atoms with E-state index < -0.39 is 0 Å². The Labute approximate surface area is 163 Å². The van der Waals surface area contributed by atoms with Crippen LogP contribution in [0.15, 0.2) is 95.8 Å². The maximum Gasteiger partial charge on any atom is 0.272 e. The van der Waals surface area contributed by atoms with Crippen LogP contribution in [0.4, 0.5) is 5.69 Å². The van der Waals surface area contributed by atoms with Gasteiger partial charge in [0.05, 0.1) is 0 Å². The molecular formula is C24H20N2O2.